The van der Waals surface area contributed by atoms with Crippen molar-refractivity contribution in [2.75, 3.05) is 48.6 Å². The maximum absolute atomic E-state index is 13.4. The lowest BCUT2D eigenvalue weighted by Crippen LogP contribution is -2.54. The van der Waals surface area contributed by atoms with E-state index in [-0.39, 0.29) is 11.8 Å². The standard InChI is InChI=1S/C29H33ClNO5/c1-31(18-25(32)20-7-9-22(30)10-8-20)13-12-21-16-28(35-4)29(36-5)17-23(21)24(31)14-19-6-11-26(33-2)27(15-19)34-3/h6-11,15-17,24H,12-14,18H2,1-5H3/q+1. The summed E-state index contributed by atoms with van der Waals surface area (Å²) in [5.74, 6) is 2.87. The van der Waals surface area contributed by atoms with Gasteiger partial charge in [0.25, 0.3) is 0 Å². The van der Waals surface area contributed by atoms with Gasteiger partial charge in [-0.2, -0.15) is 0 Å². The highest BCUT2D eigenvalue weighted by Crippen LogP contribution is 2.43. The second-order valence-electron chi connectivity index (χ2n) is 9.36. The number of ketones is 1. The smallest absolute Gasteiger partial charge is 0.216 e. The van der Waals surface area contributed by atoms with Crippen molar-refractivity contribution in [2.24, 2.45) is 0 Å². The van der Waals surface area contributed by atoms with Crippen LogP contribution in [-0.2, 0) is 12.8 Å². The minimum Gasteiger partial charge on any atom is -0.493 e. The Bertz CT molecular complexity index is 1240. The van der Waals surface area contributed by atoms with Crippen molar-refractivity contribution in [3.05, 3.63) is 81.9 Å². The molecule has 1 aliphatic rings. The first-order chi connectivity index (χ1) is 17.3. The van der Waals surface area contributed by atoms with Crippen molar-refractivity contribution in [3.63, 3.8) is 0 Å². The number of fused-ring (bicyclic) bond motifs is 1. The number of halogens is 1. The van der Waals surface area contributed by atoms with E-state index in [1.165, 1.54) is 11.1 Å². The molecule has 2 atom stereocenters. The monoisotopic (exact) mass is 510 g/mol. The van der Waals surface area contributed by atoms with E-state index in [0.717, 1.165) is 24.3 Å². The average molecular weight is 511 g/mol. The number of carbonyl (C=O) groups excluding carboxylic acids is 1. The van der Waals surface area contributed by atoms with Crippen LogP contribution in [-0.4, -0.2) is 58.8 Å². The van der Waals surface area contributed by atoms with Crippen molar-refractivity contribution in [3.8, 4) is 23.0 Å². The molecule has 0 saturated carbocycles. The van der Waals surface area contributed by atoms with Gasteiger partial charge in [-0.1, -0.05) is 17.7 Å². The minimum atomic E-state index is 0.0166. The second-order valence-corrected chi connectivity index (χ2v) is 9.79. The number of quaternary nitrogens is 1. The summed E-state index contributed by atoms with van der Waals surface area (Å²) in [5.41, 5.74) is 4.15. The van der Waals surface area contributed by atoms with Gasteiger partial charge in [0.05, 0.1) is 42.0 Å². The van der Waals surface area contributed by atoms with Gasteiger partial charge in [0, 0.05) is 29.0 Å². The first-order valence-corrected chi connectivity index (χ1v) is 12.3. The summed E-state index contributed by atoms with van der Waals surface area (Å²) in [4.78, 5) is 13.4. The Hall–Kier alpha value is -3.22. The van der Waals surface area contributed by atoms with Gasteiger partial charge in [-0.15, -0.1) is 0 Å². The van der Waals surface area contributed by atoms with Crippen LogP contribution in [0.15, 0.2) is 54.6 Å². The molecule has 1 aliphatic heterocycles. The number of ether oxygens (including phenoxy) is 4. The molecule has 4 rings (SSSR count). The SMILES string of the molecule is COc1ccc(CC2c3cc(OC)c(OC)cc3CC[N+]2(C)CC(=O)c2ccc(Cl)cc2)cc1OC. The Kier molecular flexibility index (Phi) is 7.76. The number of rotatable bonds is 9. The third kappa shape index (κ3) is 5.15. The fraction of sp³-hybridized carbons (Fsp3) is 0.345. The zero-order valence-corrected chi connectivity index (χ0v) is 22.2. The Morgan fingerprint density at radius 1 is 0.861 bits per heavy atom. The van der Waals surface area contributed by atoms with Crippen LogP contribution in [0, 0.1) is 0 Å². The lowest BCUT2D eigenvalue weighted by molar-refractivity contribution is -0.933. The molecule has 3 aromatic rings. The normalized spacial score (nSPS) is 18.8. The molecule has 0 N–H and O–H groups in total. The fourth-order valence-electron chi connectivity index (χ4n) is 5.14. The topological polar surface area (TPSA) is 54.0 Å². The van der Waals surface area contributed by atoms with Crippen molar-refractivity contribution in [2.45, 2.75) is 18.9 Å². The van der Waals surface area contributed by atoms with Crippen LogP contribution in [0.2, 0.25) is 5.02 Å². The van der Waals surface area contributed by atoms with Gasteiger partial charge in [0.1, 0.15) is 12.6 Å². The summed E-state index contributed by atoms with van der Waals surface area (Å²) in [6.07, 6.45) is 1.55. The summed E-state index contributed by atoms with van der Waals surface area (Å²) >= 11 is 6.05. The van der Waals surface area contributed by atoms with Crippen LogP contribution in [0.25, 0.3) is 0 Å². The molecule has 190 valence electrons. The molecular formula is C29H33ClNO5+. The molecule has 0 saturated heterocycles. The predicted octanol–water partition coefficient (Wildman–Crippen LogP) is 5.54. The van der Waals surface area contributed by atoms with Crippen LogP contribution >= 0.6 is 11.6 Å². The Morgan fingerprint density at radius 2 is 1.47 bits per heavy atom. The molecule has 0 amide bonds. The van der Waals surface area contributed by atoms with Crippen LogP contribution in [0.4, 0.5) is 0 Å². The van der Waals surface area contributed by atoms with Gasteiger partial charge < -0.3 is 23.4 Å². The van der Waals surface area contributed by atoms with Crippen LogP contribution in [0.5, 0.6) is 23.0 Å². The molecule has 6 nitrogen and oxygen atoms in total. The summed E-state index contributed by atoms with van der Waals surface area (Å²) in [6, 6.07) is 17.3. The Morgan fingerprint density at radius 3 is 2.11 bits per heavy atom. The molecule has 2 unspecified atom stereocenters. The zero-order chi connectivity index (χ0) is 25.9. The lowest BCUT2D eigenvalue weighted by Gasteiger charge is -2.45. The quantitative estimate of drug-likeness (QED) is 0.279. The van der Waals surface area contributed by atoms with Gasteiger partial charge in [-0.25, -0.2) is 0 Å². The average Bonchev–Trinajstić information content (AvgIpc) is 2.89. The van der Waals surface area contributed by atoms with E-state index in [9.17, 15) is 4.79 Å². The number of hydrogen-bond donors (Lipinski definition) is 0. The van der Waals surface area contributed by atoms with E-state index >= 15 is 0 Å². The van der Waals surface area contributed by atoms with Gasteiger partial charge in [-0.05, 0) is 59.7 Å². The predicted molar refractivity (Wildman–Crippen MR) is 141 cm³/mol. The Balaban J connectivity index is 1.76. The molecular weight excluding hydrogens is 478 g/mol. The number of Topliss-reactive ketones (excluding diaryl/α,β-unsaturated/α-hetero) is 1. The number of benzene rings is 3. The van der Waals surface area contributed by atoms with Crippen LogP contribution in [0.1, 0.15) is 33.1 Å². The maximum Gasteiger partial charge on any atom is 0.216 e. The molecule has 36 heavy (non-hydrogen) atoms. The third-order valence-corrected chi connectivity index (χ3v) is 7.45. The number of carbonyl (C=O) groups is 1. The number of likely N-dealkylation sites (N-methyl/N-ethyl adjacent to an activating group) is 1. The van der Waals surface area contributed by atoms with Gasteiger partial charge in [0.15, 0.2) is 23.0 Å². The highest BCUT2D eigenvalue weighted by Gasteiger charge is 2.41. The molecule has 0 fully saturated rings. The third-order valence-electron chi connectivity index (χ3n) is 7.20. The first kappa shape index (κ1) is 25.9. The highest BCUT2D eigenvalue weighted by molar-refractivity contribution is 6.30. The summed E-state index contributed by atoms with van der Waals surface area (Å²) in [5, 5.41) is 0.617. The van der Waals surface area contributed by atoms with E-state index in [4.69, 9.17) is 30.5 Å². The maximum atomic E-state index is 13.4. The highest BCUT2D eigenvalue weighted by atomic mass is 35.5. The molecule has 0 bridgehead atoms. The van der Waals surface area contributed by atoms with Crippen molar-refractivity contribution in [1.29, 1.82) is 0 Å². The number of hydrogen-bond acceptors (Lipinski definition) is 5. The van der Waals surface area contributed by atoms with Crippen LogP contribution in [0.3, 0.4) is 0 Å². The Labute approximate surface area is 217 Å². The molecule has 3 aromatic carbocycles. The number of methoxy groups -OCH3 is 4. The molecule has 0 aromatic heterocycles. The van der Waals surface area contributed by atoms with Crippen LogP contribution < -0.4 is 18.9 Å². The summed E-state index contributed by atoms with van der Waals surface area (Å²) < 4.78 is 22.8. The largest absolute Gasteiger partial charge is 0.493 e. The molecule has 0 aliphatic carbocycles. The molecule has 0 spiro atoms. The van der Waals surface area contributed by atoms with Gasteiger partial charge >= 0.3 is 0 Å². The molecule has 1 heterocycles. The second kappa shape index (κ2) is 10.8. The lowest BCUT2D eigenvalue weighted by atomic mass is 9.85. The minimum absolute atomic E-state index is 0.0166. The van der Waals surface area contributed by atoms with E-state index in [0.29, 0.717) is 45.3 Å². The summed E-state index contributed by atoms with van der Waals surface area (Å²) in [6.45, 7) is 1.19. The van der Waals surface area contributed by atoms with Crippen molar-refractivity contribution in [1.82, 2.24) is 0 Å². The fourth-order valence-corrected chi connectivity index (χ4v) is 5.26. The van der Waals surface area contributed by atoms with E-state index < -0.39 is 0 Å². The molecule has 7 heteroatoms. The van der Waals surface area contributed by atoms with Gasteiger partial charge in [0.2, 0.25) is 5.78 Å². The number of nitrogens with zero attached hydrogens (tertiary/aromatic N) is 1. The van der Waals surface area contributed by atoms with Crippen molar-refractivity contribution < 1.29 is 28.2 Å². The van der Waals surface area contributed by atoms with E-state index in [1.807, 2.05) is 12.1 Å². The first-order valence-electron chi connectivity index (χ1n) is 11.9. The van der Waals surface area contributed by atoms with Crippen molar-refractivity contribution >= 4 is 17.4 Å². The zero-order valence-electron chi connectivity index (χ0n) is 21.5. The molecule has 0 radical (unpaired) electrons. The van der Waals surface area contributed by atoms with Gasteiger partial charge in [-0.3, -0.25) is 4.79 Å². The van der Waals surface area contributed by atoms with E-state index in [1.54, 1.807) is 52.7 Å². The van der Waals surface area contributed by atoms with E-state index in [2.05, 4.69) is 25.2 Å². The summed E-state index contributed by atoms with van der Waals surface area (Å²) in [7, 11) is 8.73.